The van der Waals surface area contributed by atoms with Gasteiger partial charge in [-0.1, -0.05) is 0 Å². The number of nitrogens with zero attached hydrogens (tertiary/aromatic N) is 2. The molecule has 1 saturated heterocycles. The molecule has 0 amide bonds. The first-order valence-corrected chi connectivity index (χ1v) is 8.16. The second kappa shape index (κ2) is 6.40. The normalized spacial score (nSPS) is 17.5. The molecule has 19 heavy (non-hydrogen) atoms. The lowest BCUT2D eigenvalue weighted by Crippen LogP contribution is -2.35. The quantitative estimate of drug-likeness (QED) is 0.807. The summed E-state index contributed by atoms with van der Waals surface area (Å²) in [6, 6.07) is 0. The van der Waals surface area contributed by atoms with Gasteiger partial charge in [-0.3, -0.25) is 9.97 Å². The van der Waals surface area contributed by atoms with E-state index in [9.17, 15) is 8.42 Å². The number of piperidine rings is 1. The van der Waals surface area contributed by atoms with E-state index in [2.05, 4.69) is 20.0 Å². The molecule has 0 radical (unpaired) electrons. The van der Waals surface area contributed by atoms with Crippen molar-refractivity contribution in [2.24, 2.45) is 5.92 Å². The number of aryl methyl sites for hydroxylation is 1. The van der Waals surface area contributed by atoms with Gasteiger partial charge in [0.15, 0.2) is 0 Å². The molecule has 0 aliphatic carbocycles. The summed E-state index contributed by atoms with van der Waals surface area (Å²) in [5.41, 5.74) is 1.46. The average molecular weight is 284 g/mol. The Hall–Kier alpha value is -1.05. The first-order valence-electron chi connectivity index (χ1n) is 6.51. The van der Waals surface area contributed by atoms with Gasteiger partial charge in [-0.2, -0.15) is 0 Å². The summed E-state index contributed by atoms with van der Waals surface area (Å²) >= 11 is 0. The van der Waals surface area contributed by atoms with Crippen LogP contribution in [0.3, 0.4) is 0 Å². The van der Waals surface area contributed by atoms with E-state index in [0.29, 0.717) is 5.69 Å². The van der Waals surface area contributed by atoms with Crippen LogP contribution in [0.5, 0.6) is 0 Å². The summed E-state index contributed by atoms with van der Waals surface area (Å²) in [4.78, 5) is 8.22. The highest BCUT2D eigenvalue weighted by molar-refractivity contribution is 7.89. The van der Waals surface area contributed by atoms with Gasteiger partial charge in [0.2, 0.25) is 10.0 Å². The molecule has 1 aromatic heterocycles. The minimum Gasteiger partial charge on any atom is -0.317 e. The molecule has 2 heterocycles. The zero-order chi connectivity index (χ0) is 13.7. The summed E-state index contributed by atoms with van der Waals surface area (Å²) in [6.45, 7) is 3.87. The van der Waals surface area contributed by atoms with Gasteiger partial charge in [-0.15, -0.1) is 0 Å². The summed E-state index contributed by atoms with van der Waals surface area (Å²) in [6.07, 6.45) is 5.08. The Labute approximate surface area is 114 Å². The van der Waals surface area contributed by atoms with E-state index in [1.165, 1.54) is 0 Å². The summed E-state index contributed by atoms with van der Waals surface area (Å²) in [7, 11) is -3.24. The molecule has 0 saturated carbocycles. The Morgan fingerprint density at radius 3 is 2.68 bits per heavy atom. The van der Waals surface area contributed by atoms with Gasteiger partial charge in [-0.25, -0.2) is 13.1 Å². The lowest BCUT2D eigenvalue weighted by Gasteiger charge is -2.22. The average Bonchev–Trinajstić information content (AvgIpc) is 2.39. The standard InChI is InChI=1S/C12H20N4O2S/c1-10-6-15-12(7-14-10)8-16-19(17,18)9-11-2-4-13-5-3-11/h6-7,11,13,16H,2-5,8-9H2,1H3. The van der Waals surface area contributed by atoms with Gasteiger partial charge < -0.3 is 5.32 Å². The Morgan fingerprint density at radius 2 is 2.05 bits per heavy atom. The highest BCUT2D eigenvalue weighted by atomic mass is 32.2. The van der Waals surface area contributed by atoms with E-state index in [1.54, 1.807) is 12.4 Å². The maximum Gasteiger partial charge on any atom is 0.212 e. The molecule has 1 aromatic rings. The van der Waals surface area contributed by atoms with Crippen LogP contribution in [0.1, 0.15) is 24.2 Å². The zero-order valence-electron chi connectivity index (χ0n) is 11.1. The van der Waals surface area contributed by atoms with Gasteiger partial charge in [-0.05, 0) is 38.8 Å². The van der Waals surface area contributed by atoms with Crippen molar-refractivity contribution in [1.29, 1.82) is 0 Å². The lowest BCUT2D eigenvalue weighted by molar-refractivity contribution is 0.400. The highest BCUT2D eigenvalue weighted by Gasteiger charge is 2.20. The largest absolute Gasteiger partial charge is 0.317 e. The van der Waals surface area contributed by atoms with Crippen LogP contribution in [-0.4, -0.2) is 37.2 Å². The van der Waals surface area contributed by atoms with Crippen molar-refractivity contribution in [3.8, 4) is 0 Å². The number of sulfonamides is 1. The Kier molecular flexibility index (Phi) is 4.84. The third-order valence-electron chi connectivity index (χ3n) is 3.22. The van der Waals surface area contributed by atoms with Gasteiger partial charge in [0.05, 0.1) is 29.9 Å². The Bertz CT molecular complexity index is 495. The molecule has 1 aliphatic heterocycles. The molecule has 1 fully saturated rings. The lowest BCUT2D eigenvalue weighted by atomic mass is 10.0. The van der Waals surface area contributed by atoms with Gasteiger partial charge in [0.25, 0.3) is 0 Å². The van der Waals surface area contributed by atoms with Crippen molar-refractivity contribution < 1.29 is 8.42 Å². The van der Waals surface area contributed by atoms with E-state index < -0.39 is 10.0 Å². The minimum atomic E-state index is -3.24. The number of rotatable bonds is 5. The maximum atomic E-state index is 12.0. The molecule has 2 rings (SSSR count). The van der Waals surface area contributed by atoms with Gasteiger partial charge >= 0.3 is 0 Å². The molecule has 0 aromatic carbocycles. The van der Waals surface area contributed by atoms with Crippen LogP contribution in [0.4, 0.5) is 0 Å². The summed E-state index contributed by atoms with van der Waals surface area (Å²) < 4.78 is 26.5. The smallest absolute Gasteiger partial charge is 0.212 e. The maximum absolute atomic E-state index is 12.0. The van der Waals surface area contributed by atoms with E-state index in [1.807, 2.05) is 6.92 Å². The van der Waals surface area contributed by atoms with Crippen molar-refractivity contribution in [3.05, 3.63) is 23.8 Å². The van der Waals surface area contributed by atoms with E-state index in [0.717, 1.165) is 31.6 Å². The molecule has 2 N–H and O–H groups in total. The van der Waals surface area contributed by atoms with Crippen molar-refractivity contribution in [2.45, 2.75) is 26.3 Å². The number of hydrogen-bond donors (Lipinski definition) is 2. The van der Waals surface area contributed by atoms with Gasteiger partial charge in [0.1, 0.15) is 0 Å². The predicted octanol–water partition coefficient (Wildman–Crippen LogP) is 0.204. The monoisotopic (exact) mass is 284 g/mol. The molecule has 1 aliphatic rings. The van der Waals surface area contributed by atoms with E-state index >= 15 is 0 Å². The third kappa shape index (κ3) is 4.85. The van der Waals surface area contributed by atoms with Crippen LogP contribution < -0.4 is 10.0 Å². The molecule has 6 nitrogen and oxygen atoms in total. The molecular weight excluding hydrogens is 264 g/mol. The SMILES string of the molecule is Cc1cnc(CNS(=O)(=O)CC2CCNCC2)cn1. The molecule has 0 unspecified atom stereocenters. The predicted molar refractivity (Wildman–Crippen MR) is 73.0 cm³/mol. The number of hydrogen-bond acceptors (Lipinski definition) is 5. The number of nitrogens with one attached hydrogen (secondary N) is 2. The van der Waals surface area contributed by atoms with E-state index in [-0.39, 0.29) is 18.2 Å². The topological polar surface area (TPSA) is 84.0 Å². The van der Waals surface area contributed by atoms with Crippen molar-refractivity contribution in [1.82, 2.24) is 20.0 Å². The number of aromatic nitrogens is 2. The fraction of sp³-hybridized carbons (Fsp3) is 0.667. The van der Waals surface area contributed by atoms with Crippen molar-refractivity contribution >= 4 is 10.0 Å². The Morgan fingerprint density at radius 1 is 1.32 bits per heavy atom. The first-order chi connectivity index (χ1) is 9.05. The minimum absolute atomic E-state index is 0.202. The zero-order valence-corrected chi connectivity index (χ0v) is 11.9. The first kappa shape index (κ1) is 14.4. The second-order valence-electron chi connectivity index (χ2n) is 4.95. The van der Waals surface area contributed by atoms with Crippen LogP contribution >= 0.6 is 0 Å². The second-order valence-corrected chi connectivity index (χ2v) is 6.80. The van der Waals surface area contributed by atoms with E-state index in [4.69, 9.17) is 0 Å². The van der Waals surface area contributed by atoms with Crippen LogP contribution in [0.25, 0.3) is 0 Å². The van der Waals surface area contributed by atoms with Crippen LogP contribution in [-0.2, 0) is 16.6 Å². The molecule has 0 bridgehead atoms. The molecule has 0 spiro atoms. The summed E-state index contributed by atoms with van der Waals surface area (Å²) in [5.74, 6) is 0.455. The van der Waals surface area contributed by atoms with Crippen LogP contribution in [0, 0.1) is 12.8 Å². The summed E-state index contributed by atoms with van der Waals surface area (Å²) in [5, 5.41) is 3.23. The van der Waals surface area contributed by atoms with Crippen LogP contribution in [0.15, 0.2) is 12.4 Å². The molecule has 7 heteroatoms. The van der Waals surface area contributed by atoms with Gasteiger partial charge in [0, 0.05) is 6.20 Å². The fourth-order valence-electron chi connectivity index (χ4n) is 2.11. The molecule has 106 valence electrons. The fourth-order valence-corrected chi connectivity index (χ4v) is 3.55. The highest BCUT2D eigenvalue weighted by Crippen LogP contribution is 2.13. The molecule has 0 atom stereocenters. The van der Waals surface area contributed by atoms with Crippen LogP contribution in [0.2, 0.25) is 0 Å². The van der Waals surface area contributed by atoms with Crippen molar-refractivity contribution in [2.75, 3.05) is 18.8 Å². The van der Waals surface area contributed by atoms with Crippen molar-refractivity contribution in [3.63, 3.8) is 0 Å². The molecular formula is C12H20N4O2S. The third-order valence-corrected chi connectivity index (χ3v) is 4.72. The Balaban J connectivity index is 1.84.